The number of ketones is 1. The predicted molar refractivity (Wildman–Crippen MR) is 105 cm³/mol. The first kappa shape index (κ1) is 17.7. The molecule has 1 aliphatic rings. The lowest BCUT2D eigenvalue weighted by molar-refractivity contribution is -0.125. The standard InChI is InChI=1S/C21H18N4O3/c1-13(26)15-8-5-9-16(10-15)23-21(28)18-11-19(27)24-20-17(12-22-25(18)20)14-6-3-2-4-7-14/h2-10,12,18H,11H2,1H3,(H,23,28)(H,24,27)/t18-/m0/s1. The van der Waals surface area contributed by atoms with Gasteiger partial charge in [-0.3, -0.25) is 14.4 Å². The summed E-state index contributed by atoms with van der Waals surface area (Å²) in [7, 11) is 0. The minimum atomic E-state index is -0.776. The van der Waals surface area contributed by atoms with Gasteiger partial charge in [0.1, 0.15) is 11.9 Å². The lowest BCUT2D eigenvalue weighted by Crippen LogP contribution is -2.35. The van der Waals surface area contributed by atoms with Gasteiger partial charge in [-0.1, -0.05) is 42.5 Å². The highest BCUT2D eigenvalue weighted by atomic mass is 16.2. The van der Waals surface area contributed by atoms with Gasteiger partial charge in [-0.2, -0.15) is 5.10 Å². The number of amides is 2. The molecule has 4 rings (SSSR count). The lowest BCUT2D eigenvalue weighted by Gasteiger charge is -2.24. The molecular formula is C21H18N4O3. The number of hydrogen-bond acceptors (Lipinski definition) is 4. The zero-order valence-corrected chi connectivity index (χ0v) is 15.2. The van der Waals surface area contributed by atoms with E-state index in [1.807, 2.05) is 30.3 Å². The van der Waals surface area contributed by atoms with Crippen LogP contribution in [-0.4, -0.2) is 27.4 Å². The molecule has 7 nitrogen and oxygen atoms in total. The number of hydrogen-bond donors (Lipinski definition) is 2. The SMILES string of the molecule is CC(=O)c1cccc(NC(=O)[C@@H]2CC(=O)Nc3c(-c4ccccc4)cnn32)c1. The van der Waals surface area contributed by atoms with E-state index in [0.717, 1.165) is 11.1 Å². The molecule has 1 atom stereocenters. The summed E-state index contributed by atoms with van der Waals surface area (Å²) in [5.74, 6) is -0.197. The summed E-state index contributed by atoms with van der Waals surface area (Å²) in [6, 6.07) is 15.5. The maximum absolute atomic E-state index is 12.9. The summed E-state index contributed by atoms with van der Waals surface area (Å²) in [5.41, 5.74) is 2.66. The molecule has 0 fully saturated rings. The van der Waals surface area contributed by atoms with Crippen molar-refractivity contribution >= 4 is 29.1 Å². The average Bonchev–Trinajstić information content (AvgIpc) is 3.11. The topological polar surface area (TPSA) is 93.1 Å². The molecule has 0 aliphatic carbocycles. The van der Waals surface area contributed by atoms with Crippen LogP contribution in [0.4, 0.5) is 11.5 Å². The normalized spacial score (nSPS) is 15.5. The Morgan fingerprint density at radius 2 is 1.93 bits per heavy atom. The van der Waals surface area contributed by atoms with Crippen LogP contribution in [0.5, 0.6) is 0 Å². The molecule has 2 heterocycles. The first-order valence-corrected chi connectivity index (χ1v) is 8.87. The molecule has 0 bridgehead atoms. The highest BCUT2D eigenvalue weighted by Gasteiger charge is 2.33. The first-order chi connectivity index (χ1) is 13.5. The smallest absolute Gasteiger partial charge is 0.249 e. The Kier molecular flexibility index (Phi) is 4.49. The van der Waals surface area contributed by atoms with Crippen molar-refractivity contribution in [2.45, 2.75) is 19.4 Å². The number of benzene rings is 2. The van der Waals surface area contributed by atoms with E-state index >= 15 is 0 Å². The number of anilines is 2. The largest absolute Gasteiger partial charge is 0.324 e. The minimum Gasteiger partial charge on any atom is -0.324 e. The lowest BCUT2D eigenvalue weighted by atomic mass is 10.1. The number of carbonyl (C=O) groups excluding carboxylic acids is 3. The van der Waals surface area contributed by atoms with Gasteiger partial charge in [0, 0.05) is 16.8 Å². The molecule has 0 saturated heterocycles. The number of nitrogens with zero attached hydrogens (tertiary/aromatic N) is 2. The van der Waals surface area contributed by atoms with Crippen molar-refractivity contribution in [3.8, 4) is 11.1 Å². The molecule has 7 heteroatoms. The number of aromatic nitrogens is 2. The summed E-state index contributed by atoms with van der Waals surface area (Å²) in [4.78, 5) is 36.7. The Morgan fingerprint density at radius 1 is 1.14 bits per heavy atom. The van der Waals surface area contributed by atoms with Crippen LogP contribution in [0, 0.1) is 0 Å². The van der Waals surface area contributed by atoms with Crippen molar-refractivity contribution in [2.24, 2.45) is 0 Å². The van der Waals surface area contributed by atoms with Gasteiger partial charge >= 0.3 is 0 Å². The Bertz CT molecular complexity index is 1070. The van der Waals surface area contributed by atoms with Crippen LogP contribution < -0.4 is 10.6 Å². The Labute approximate surface area is 161 Å². The highest BCUT2D eigenvalue weighted by Crippen LogP contribution is 2.34. The fourth-order valence-electron chi connectivity index (χ4n) is 3.24. The second-order valence-corrected chi connectivity index (χ2v) is 6.61. The Hall–Kier alpha value is -3.74. The molecule has 0 unspecified atom stereocenters. The van der Waals surface area contributed by atoms with E-state index in [-0.39, 0.29) is 24.0 Å². The van der Waals surface area contributed by atoms with Crippen LogP contribution in [0.3, 0.4) is 0 Å². The van der Waals surface area contributed by atoms with Crippen molar-refractivity contribution < 1.29 is 14.4 Å². The van der Waals surface area contributed by atoms with E-state index < -0.39 is 6.04 Å². The van der Waals surface area contributed by atoms with E-state index in [1.165, 1.54) is 11.6 Å². The second kappa shape index (κ2) is 7.11. The van der Waals surface area contributed by atoms with Crippen LogP contribution in [0.15, 0.2) is 60.8 Å². The summed E-state index contributed by atoms with van der Waals surface area (Å²) in [5, 5.41) is 9.95. The van der Waals surface area contributed by atoms with E-state index in [0.29, 0.717) is 17.1 Å². The molecule has 1 aromatic heterocycles. The minimum absolute atomic E-state index is 0.0128. The zero-order chi connectivity index (χ0) is 19.7. The average molecular weight is 374 g/mol. The molecule has 2 amide bonds. The molecule has 2 N–H and O–H groups in total. The van der Waals surface area contributed by atoms with E-state index in [2.05, 4.69) is 15.7 Å². The van der Waals surface area contributed by atoms with Crippen molar-refractivity contribution in [3.05, 3.63) is 66.4 Å². The van der Waals surface area contributed by atoms with Crippen LogP contribution >= 0.6 is 0 Å². The van der Waals surface area contributed by atoms with Gasteiger partial charge in [-0.05, 0) is 24.6 Å². The molecule has 2 aromatic carbocycles. The highest BCUT2D eigenvalue weighted by molar-refractivity contribution is 6.03. The molecule has 28 heavy (non-hydrogen) atoms. The van der Waals surface area contributed by atoms with Crippen LogP contribution in [0.25, 0.3) is 11.1 Å². The number of Topliss-reactive ketones (excluding diaryl/α,β-unsaturated/α-hetero) is 1. The molecular weight excluding hydrogens is 356 g/mol. The van der Waals surface area contributed by atoms with E-state index in [4.69, 9.17) is 0 Å². The Balaban J connectivity index is 1.64. The maximum atomic E-state index is 12.9. The number of rotatable bonds is 4. The fourth-order valence-corrected chi connectivity index (χ4v) is 3.24. The van der Waals surface area contributed by atoms with Gasteiger partial charge in [0.05, 0.1) is 12.6 Å². The predicted octanol–water partition coefficient (Wildman–Crippen LogP) is 3.27. The van der Waals surface area contributed by atoms with Crippen LogP contribution in [-0.2, 0) is 9.59 Å². The van der Waals surface area contributed by atoms with E-state index in [1.54, 1.807) is 30.5 Å². The molecule has 140 valence electrons. The molecule has 3 aromatic rings. The van der Waals surface area contributed by atoms with Crippen LogP contribution in [0.1, 0.15) is 29.7 Å². The number of carbonyl (C=O) groups is 3. The van der Waals surface area contributed by atoms with Gasteiger partial charge in [0.2, 0.25) is 11.8 Å². The van der Waals surface area contributed by atoms with Crippen LogP contribution in [0.2, 0.25) is 0 Å². The van der Waals surface area contributed by atoms with Gasteiger partial charge in [-0.15, -0.1) is 0 Å². The maximum Gasteiger partial charge on any atom is 0.249 e. The van der Waals surface area contributed by atoms with Crippen molar-refractivity contribution in [1.29, 1.82) is 0 Å². The second-order valence-electron chi connectivity index (χ2n) is 6.61. The monoisotopic (exact) mass is 374 g/mol. The van der Waals surface area contributed by atoms with E-state index in [9.17, 15) is 14.4 Å². The summed E-state index contributed by atoms with van der Waals surface area (Å²) in [6.07, 6.45) is 1.63. The molecule has 0 saturated carbocycles. The third-order valence-electron chi connectivity index (χ3n) is 4.65. The summed E-state index contributed by atoms with van der Waals surface area (Å²) in [6.45, 7) is 1.47. The van der Waals surface area contributed by atoms with Crippen molar-refractivity contribution in [1.82, 2.24) is 9.78 Å². The van der Waals surface area contributed by atoms with Gasteiger partial charge < -0.3 is 10.6 Å². The molecule has 0 spiro atoms. The van der Waals surface area contributed by atoms with Gasteiger partial charge in [0.15, 0.2) is 5.78 Å². The summed E-state index contributed by atoms with van der Waals surface area (Å²) < 4.78 is 1.54. The number of nitrogens with one attached hydrogen (secondary N) is 2. The van der Waals surface area contributed by atoms with Gasteiger partial charge in [-0.25, -0.2) is 4.68 Å². The number of fused-ring (bicyclic) bond motifs is 1. The fraction of sp³-hybridized carbons (Fsp3) is 0.143. The quantitative estimate of drug-likeness (QED) is 0.686. The van der Waals surface area contributed by atoms with Gasteiger partial charge in [0.25, 0.3) is 0 Å². The molecule has 1 aliphatic heterocycles. The first-order valence-electron chi connectivity index (χ1n) is 8.87. The zero-order valence-electron chi connectivity index (χ0n) is 15.2. The Morgan fingerprint density at radius 3 is 2.68 bits per heavy atom. The molecule has 0 radical (unpaired) electrons. The summed E-state index contributed by atoms with van der Waals surface area (Å²) >= 11 is 0. The van der Waals surface area contributed by atoms with Crippen molar-refractivity contribution in [2.75, 3.05) is 10.6 Å². The van der Waals surface area contributed by atoms with Crippen molar-refractivity contribution in [3.63, 3.8) is 0 Å². The third-order valence-corrected chi connectivity index (χ3v) is 4.65. The third kappa shape index (κ3) is 3.29.